The summed E-state index contributed by atoms with van der Waals surface area (Å²) in [6.45, 7) is 0. The number of carbonyl (C=O) groups is 1. The number of aryl methyl sites for hydroxylation is 1. The van der Waals surface area contributed by atoms with Crippen molar-refractivity contribution in [2.24, 2.45) is 7.05 Å². The van der Waals surface area contributed by atoms with Gasteiger partial charge in [-0.05, 0) is 29.6 Å². The molecule has 0 atom stereocenters. The van der Waals surface area contributed by atoms with Crippen LogP contribution in [0.4, 0.5) is 5.69 Å². The number of hydrogen-bond donors (Lipinski definition) is 1. The Morgan fingerprint density at radius 3 is 2.74 bits per heavy atom. The number of aromatic nitrogens is 2. The van der Waals surface area contributed by atoms with E-state index in [1.54, 1.807) is 42.8 Å². The van der Waals surface area contributed by atoms with E-state index in [-0.39, 0.29) is 11.6 Å². The highest BCUT2D eigenvalue weighted by atomic mass is 32.1. The molecule has 3 aromatic rings. The molecule has 0 saturated carbocycles. The smallest absolute Gasteiger partial charge is 0.336 e. The summed E-state index contributed by atoms with van der Waals surface area (Å²) in [6.07, 6.45) is 0. The second-order valence-corrected chi connectivity index (χ2v) is 5.16. The molecule has 0 unspecified atom stereocenters. The van der Waals surface area contributed by atoms with Crippen LogP contribution in [0.3, 0.4) is 0 Å². The maximum atomic E-state index is 12.4. The predicted molar refractivity (Wildman–Crippen MR) is 75.6 cm³/mol. The van der Waals surface area contributed by atoms with E-state index in [0.29, 0.717) is 21.6 Å². The summed E-state index contributed by atoms with van der Waals surface area (Å²) in [7, 11) is 1.64. The average molecular weight is 273 g/mol. The molecule has 2 N–H and O–H groups in total. The van der Waals surface area contributed by atoms with Crippen LogP contribution in [0.2, 0.25) is 0 Å². The number of nitrogen functional groups attached to an aromatic ring is 1. The molecule has 0 fully saturated rings. The molecule has 6 heteroatoms. The first-order chi connectivity index (χ1) is 9.09. The van der Waals surface area contributed by atoms with Gasteiger partial charge in [0, 0.05) is 12.7 Å². The molecule has 0 saturated heterocycles. The molecule has 1 aromatic carbocycles. The van der Waals surface area contributed by atoms with Crippen LogP contribution in [0.15, 0.2) is 40.5 Å². The van der Waals surface area contributed by atoms with Gasteiger partial charge in [0.1, 0.15) is 0 Å². The van der Waals surface area contributed by atoms with Gasteiger partial charge in [-0.3, -0.25) is 9.36 Å². The van der Waals surface area contributed by atoms with Gasteiger partial charge in [0.25, 0.3) is 5.91 Å². The molecule has 0 spiro atoms. The van der Waals surface area contributed by atoms with E-state index in [9.17, 15) is 9.59 Å². The van der Waals surface area contributed by atoms with E-state index in [0.717, 1.165) is 4.57 Å². The number of fused-ring (bicyclic) bond motifs is 1. The Kier molecular flexibility index (Phi) is 2.53. The summed E-state index contributed by atoms with van der Waals surface area (Å²) >= 11 is 1.31. The van der Waals surface area contributed by atoms with Gasteiger partial charge < -0.3 is 5.73 Å². The van der Waals surface area contributed by atoms with E-state index in [1.807, 2.05) is 0 Å². The van der Waals surface area contributed by atoms with Crippen molar-refractivity contribution in [2.75, 3.05) is 5.73 Å². The molecule has 3 rings (SSSR count). The van der Waals surface area contributed by atoms with Gasteiger partial charge in [0.15, 0.2) is 0 Å². The number of hydrogen-bond acceptors (Lipinski definition) is 4. The van der Waals surface area contributed by atoms with E-state index in [2.05, 4.69) is 0 Å². The summed E-state index contributed by atoms with van der Waals surface area (Å²) in [5.74, 6) is -0.323. The molecule has 96 valence electrons. The monoisotopic (exact) mass is 273 g/mol. The zero-order valence-corrected chi connectivity index (χ0v) is 11.0. The van der Waals surface area contributed by atoms with Crippen molar-refractivity contribution < 1.29 is 4.79 Å². The maximum Gasteiger partial charge on any atom is 0.336 e. The van der Waals surface area contributed by atoms with Gasteiger partial charge in [0.2, 0.25) is 0 Å². The molecule has 5 nitrogen and oxygen atoms in total. The van der Waals surface area contributed by atoms with Gasteiger partial charge in [0.05, 0.1) is 15.9 Å². The van der Waals surface area contributed by atoms with Crippen molar-refractivity contribution in [3.8, 4) is 0 Å². The molecule has 2 aromatic heterocycles. The lowest BCUT2D eigenvalue weighted by Gasteiger charge is -2.00. The Bertz CT molecular complexity index is 828. The molecular formula is C13H11N3O2S. The van der Waals surface area contributed by atoms with Crippen LogP contribution in [0.5, 0.6) is 0 Å². The van der Waals surface area contributed by atoms with Crippen LogP contribution in [0.1, 0.15) is 9.67 Å². The summed E-state index contributed by atoms with van der Waals surface area (Å²) in [5, 5.41) is 1.80. The molecule has 0 amide bonds. The minimum Gasteiger partial charge on any atom is -0.399 e. The Morgan fingerprint density at radius 2 is 2.05 bits per heavy atom. The van der Waals surface area contributed by atoms with Crippen LogP contribution >= 0.6 is 11.3 Å². The number of rotatable bonds is 1. The lowest BCUT2D eigenvalue weighted by atomic mass is 10.2. The number of nitrogens with zero attached hydrogens (tertiary/aromatic N) is 2. The largest absolute Gasteiger partial charge is 0.399 e. The molecular weight excluding hydrogens is 262 g/mol. The summed E-state index contributed by atoms with van der Waals surface area (Å²) in [6, 6.07) is 8.57. The lowest BCUT2D eigenvalue weighted by molar-refractivity contribution is 0.0964. The Labute approximate surface area is 112 Å². The molecule has 0 bridgehead atoms. The molecule has 2 heterocycles. The summed E-state index contributed by atoms with van der Waals surface area (Å²) in [5.41, 5.74) is 7.11. The number of carbonyl (C=O) groups excluding carboxylic acids is 1. The van der Waals surface area contributed by atoms with Gasteiger partial charge in [-0.2, -0.15) is 0 Å². The van der Waals surface area contributed by atoms with Gasteiger partial charge in [-0.25, -0.2) is 9.36 Å². The highest BCUT2D eigenvalue weighted by Crippen LogP contribution is 2.18. The Morgan fingerprint density at radius 1 is 1.26 bits per heavy atom. The summed E-state index contributed by atoms with van der Waals surface area (Å²) < 4.78 is 2.61. The lowest BCUT2D eigenvalue weighted by Crippen LogP contribution is -2.27. The molecule has 0 aliphatic heterocycles. The van der Waals surface area contributed by atoms with Gasteiger partial charge >= 0.3 is 5.69 Å². The van der Waals surface area contributed by atoms with E-state index >= 15 is 0 Å². The predicted octanol–water partition coefficient (Wildman–Crippen LogP) is 1.67. The fraction of sp³-hybridized carbons (Fsp3) is 0.0769. The number of nitrogens with two attached hydrogens (primary N) is 1. The van der Waals surface area contributed by atoms with Crippen LogP contribution in [-0.2, 0) is 7.05 Å². The molecule has 0 aliphatic rings. The van der Waals surface area contributed by atoms with Crippen LogP contribution in [0, 0.1) is 0 Å². The van der Waals surface area contributed by atoms with Crippen LogP contribution in [0.25, 0.3) is 11.0 Å². The van der Waals surface area contributed by atoms with Crippen molar-refractivity contribution in [1.29, 1.82) is 0 Å². The normalized spacial score (nSPS) is 11.0. The van der Waals surface area contributed by atoms with Crippen molar-refractivity contribution in [2.45, 2.75) is 0 Å². The third kappa shape index (κ3) is 1.68. The van der Waals surface area contributed by atoms with E-state index in [1.165, 1.54) is 15.9 Å². The zero-order valence-electron chi connectivity index (χ0n) is 10.2. The number of imidazole rings is 1. The number of anilines is 1. The fourth-order valence-corrected chi connectivity index (χ4v) is 2.72. The third-order valence-corrected chi connectivity index (χ3v) is 3.87. The number of benzene rings is 1. The van der Waals surface area contributed by atoms with Crippen molar-refractivity contribution in [3.63, 3.8) is 0 Å². The zero-order chi connectivity index (χ0) is 13.6. The minimum absolute atomic E-state index is 0.323. The van der Waals surface area contributed by atoms with Gasteiger partial charge in [-0.15, -0.1) is 11.3 Å². The van der Waals surface area contributed by atoms with E-state index < -0.39 is 0 Å². The quantitative estimate of drug-likeness (QED) is 0.686. The summed E-state index contributed by atoms with van der Waals surface area (Å²) in [4.78, 5) is 25.1. The maximum absolute atomic E-state index is 12.4. The highest BCUT2D eigenvalue weighted by molar-refractivity contribution is 7.12. The minimum atomic E-state index is -0.362. The Balaban J connectivity index is 2.35. The Hall–Kier alpha value is -2.34. The molecule has 0 radical (unpaired) electrons. The second-order valence-electron chi connectivity index (χ2n) is 4.21. The van der Waals surface area contributed by atoms with Gasteiger partial charge in [-0.1, -0.05) is 6.07 Å². The first-order valence-corrected chi connectivity index (χ1v) is 6.53. The van der Waals surface area contributed by atoms with Crippen LogP contribution in [-0.4, -0.2) is 15.0 Å². The topological polar surface area (TPSA) is 70.0 Å². The standard InChI is InChI=1S/C13H11N3O2S/c1-15-9-5-4-8(14)7-10(9)16(13(15)18)12(17)11-3-2-6-19-11/h2-7H,14H2,1H3. The third-order valence-electron chi connectivity index (χ3n) is 3.01. The molecule has 19 heavy (non-hydrogen) atoms. The van der Waals surface area contributed by atoms with Crippen molar-refractivity contribution in [3.05, 3.63) is 51.1 Å². The van der Waals surface area contributed by atoms with Crippen molar-refractivity contribution >= 4 is 34.0 Å². The highest BCUT2D eigenvalue weighted by Gasteiger charge is 2.18. The van der Waals surface area contributed by atoms with E-state index in [4.69, 9.17) is 5.73 Å². The van der Waals surface area contributed by atoms with Crippen LogP contribution < -0.4 is 11.4 Å². The second kappa shape index (κ2) is 4.10. The SMILES string of the molecule is Cn1c(=O)n(C(=O)c2cccs2)c2cc(N)ccc21. The molecule has 0 aliphatic carbocycles. The number of thiophene rings is 1. The van der Waals surface area contributed by atoms with Crippen molar-refractivity contribution in [1.82, 2.24) is 9.13 Å². The first-order valence-electron chi connectivity index (χ1n) is 5.65. The fourth-order valence-electron chi connectivity index (χ4n) is 2.07. The average Bonchev–Trinajstić information content (AvgIpc) is 2.98. The first kappa shape index (κ1) is 11.7.